The van der Waals surface area contributed by atoms with Crippen molar-refractivity contribution in [1.29, 1.82) is 5.41 Å². The summed E-state index contributed by atoms with van der Waals surface area (Å²) in [5.74, 6) is -3.06. The van der Waals surface area contributed by atoms with Crippen molar-refractivity contribution in [2.45, 2.75) is 25.7 Å². The van der Waals surface area contributed by atoms with E-state index in [2.05, 4.69) is 16.2 Å². The normalized spacial score (nSPS) is 11.1. The first-order chi connectivity index (χ1) is 14.7. The zero-order valence-electron chi connectivity index (χ0n) is 16.5. The fraction of sp³-hybridized carbons (Fsp3) is 0.200. The van der Waals surface area contributed by atoms with Gasteiger partial charge in [-0.15, -0.1) is 0 Å². The van der Waals surface area contributed by atoms with Crippen LogP contribution in [0.4, 0.5) is 11.4 Å². The Morgan fingerprint density at radius 1 is 1.10 bits per heavy atom. The molecule has 31 heavy (non-hydrogen) atoms. The van der Waals surface area contributed by atoms with Gasteiger partial charge in [0.05, 0.1) is 17.2 Å². The Morgan fingerprint density at radius 3 is 2.45 bits per heavy atom. The average molecular weight is 427 g/mol. The highest BCUT2D eigenvalue weighted by Gasteiger charge is 2.21. The van der Waals surface area contributed by atoms with Crippen molar-refractivity contribution in [3.8, 4) is 0 Å². The molecule has 162 valence electrons. The molecule has 11 heteroatoms. The molecule has 0 fully saturated rings. The number of carboxylic acids is 1. The minimum absolute atomic E-state index is 0.191. The smallest absolute Gasteiger partial charge is 0.303 e. The van der Waals surface area contributed by atoms with Crippen LogP contribution < -0.4 is 16.2 Å². The molecule has 2 aromatic carbocycles. The van der Waals surface area contributed by atoms with Crippen molar-refractivity contribution < 1.29 is 24.4 Å². The minimum atomic E-state index is -1.17. The molecule has 0 spiro atoms. The quantitative estimate of drug-likeness (QED) is 0.186. The Hall–Kier alpha value is -4.28. The molecule has 2 amide bonds. The summed E-state index contributed by atoms with van der Waals surface area (Å²) in [5, 5.41) is 30.3. The minimum Gasteiger partial charge on any atom is -0.481 e. The third kappa shape index (κ3) is 7.24. The van der Waals surface area contributed by atoms with E-state index in [1.165, 1.54) is 36.4 Å². The van der Waals surface area contributed by atoms with Gasteiger partial charge in [-0.1, -0.05) is 18.2 Å². The number of hydrogen-bond acceptors (Lipinski definition) is 6. The highest BCUT2D eigenvalue weighted by atomic mass is 16.6. The lowest BCUT2D eigenvalue weighted by atomic mass is 9.92. The monoisotopic (exact) mass is 427 g/mol. The molecule has 0 radical (unpaired) electrons. The number of nitro benzene ring substituents is 1. The number of amides is 2. The zero-order valence-corrected chi connectivity index (χ0v) is 16.5. The molecule has 1 unspecified atom stereocenters. The predicted octanol–water partition coefficient (Wildman–Crippen LogP) is 2.41. The fourth-order valence-electron chi connectivity index (χ4n) is 2.84. The van der Waals surface area contributed by atoms with Gasteiger partial charge in [-0.2, -0.15) is 0 Å². The molecule has 0 aliphatic rings. The summed E-state index contributed by atoms with van der Waals surface area (Å²) in [6.45, 7) is 1.54. The highest BCUT2D eigenvalue weighted by Crippen LogP contribution is 2.26. The Balaban J connectivity index is 2.03. The summed E-state index contributed by atoms with van der Waals surface area (Å²) < 4.78 is 0. The lowest BCUT2D eigenvalue weighted by molar-refractivity contribution is -0.384. The standard InChI is InChI=1S/C20H21N5O6/c1-12(21)22-16-6-2-5-14(8-16)20(29)24-23-18(26)10-15(11-19(27)28)13-4-3-7-17(9-13)25(30)31/h2-9,15H,10-11H2,1H3,(H2,21,22)(H,23,26)(H,24,29)(H,27,28). The number of carbonyl (C=O) groups is 3. The molecule has 0 saturated carbocycles. The van der Waals surface area contributed by atoms with Crippen molar-refractivity contribution in [2.75, 3.05) is 5.32 Å². The van der Waals surface area contributed by atoms with Crippen LogP contribution >= 0.6 is 0 Å². The van der Waals surface area contributed by atoms with E-state index in [9.17, 15) is 24.5 Å². The molecule has 2 aromatic rings. The number of hydrazine groups is 1. The molecular formula is C20H21N5O6. The largest absolute Gasteiger partial charge is 0.481 e. The van der Waals surface area contributed by atoms with Gasteiger partial charge in [-0.25, -0.2) is 0 Å². The number of aliphatic carboxylic acids is 1. The van der Waals surface area contributed by atoms with Gasteiger partial charge in [-0.3, -0.25) is 40.8 Å². The van der Waals surface area contributed by atoms with Crippen LogP contribution in [0, 0.1) is 15.5 Å². The zero-order chi connectivity index (χ0) is 23.0. The van der Waals surface area contributed by atoms with Gasteiger partial charge in [0.1, 0.15) is 0 Å². The van der Waals surface area contributed by atoms with Crippen molar-refractivity contribution >= 4 is 35.0 Å². The predicted molar refractivity (Wildman–Crippen MR) is 112 cm³/mol. The van der Waals surface area contributed by atoms with Crippen LogP contribution in [0.3, 0.4) is 0 Å². The number of rotatable bonds is 8. The number of nitrogens with one attached hydrogen (secondary N) is 4. The number of nitrogens with zero attached hydrogens (tertiary/aromatic N) is 1. The van der Waals surface area contributed by atoms with E-state index in [1.807, 2.05) is 0 Å². The number of anilines is 1. The van der Waals surface area contributed by atoms with Gasteiger partial charge in [0.15, 0.2) is 0 Å². The lowest BCUT2D eigenvalue weighted by Crippen LogP contribution is -2.42. The summed E-state index contributed by atoms with van der Waals surface area (Å²) in [7, 11) is 0. The molecule has 0 bridgehead atoms. The Bertz CT molecular complexity index is 1020. The van der Waals surface area contributed by atoms with Gasteiger partial charge in [0.25, 0.3) is 11.6 Å². The summed E-state index contributed by atoms with van der Waals surface area (Å²) in [6, 6.07) is 11.7. The lowest BCUT2D eigenvalue weighted by Gasteiger charge is -2.15. The topological polar surface area (TPSA) is 175 Å². The van der Waals surface area contributed by atoms with E-state index in [4.69, 9.17) is 10.5 Å². The Morgan fingerprint density at radius 2 is 1.81 bits per heavy atom. The molecule has 1 atom stereocenters. The van der Waals surface area contributed by atoms with Gasteiger partial charge < -0.3 is 10.4 Å². The van der Waals surface area contributed by atoms with E-state index in [1.54, 1.807) is 19.1 Å². The SMILES string of the molecule is CC(=N)Nc1cccc(C(=O)NNC(=O)CC(CC(=O)O)c2cccc([N+](=O)[O-])c2)c1. The number of amidine groups is 1. The Kier molecular flexibility index (Phi) is 7.78. The molecule has 0 aromatic heterocycles. The Labute approximate surface area is 177 Å². The third-order valence-corrected chi connectivity index (χ3v) is 4.18. The second-order valence-corrected chi connectivity index (χ2v) is 6.68. The van der Waals surface area contributed by atoms with Gasteiger partial charge in [-0.05, 0) is 30.7 Å². The van der Waals surface area contributed by atoms with E-state index < -0.39 is 35.0 Å². The maximum Gasteiger partial charge on any atom is 0.303 e. The van der Waals surface area contributed by atoms with Crippen LogP contribution in [-0.4, -0.2) is 33.6 Å². The molecule has 11 nitrogen and oxygen atoms in total. The molecule has 0 aliphatic carbocycles. The van der Waals surface area contributed by atoms with Gasteiger partial charge >= 0.3 is 5.97 Å². The van der Waals surface area contributed by atoms with E-state index >= 15 is 0 Å². The van der Waals surface area contributed by atoms with Crippen LogP contribution in [0.2, 0.25) is 0 Å². The number of carboxylic acid groups (broad SMARTS) is 1. The summed E-state index contributed by atoms with van der Waals surface area (Å²) in [4.78, 5) is 46.1. The maximum atomic E-state index is 12.3. The average Bonchev–Trinajstić information content (AvgIpc) is 2.71. The van der Waals surface area contributed by atoms with Crippen molar-refractivity contribution in [3.63, 3.8) is 0 Å². The third-order valence-electron chi connectivity index (χ3n) is 4.18. The summed E-state index contributed by atoms with van der Waals surface area (Å²) in [5.41, 5.74) is 5.34. The van der Waals surface area contributed by atoms with E-state index in [0.717, 1.165) is 0 Å². The van der Waals surface area contributed by atoms with E-state index in [-0.39, 0.29) is 23.5 Å². The van der Waals surface area contributed by atoms with Crippen molar-refractivity contribution in [3.05, 3.63) is 69.8 Å². The first kappa shape index (κ1) is 23.0. The highest BCUT2D eigenvalue weighted by molar-refractivity contribution is 5.98. The first-order valence-electron chi connectivity index (χ1n) is 9.13. The molecule has 0 saturated heterocycles. The number of nitro groups is 1. The van der Waals surface area contributed by atoms with E-state index in [0.29, 0.717) is 11.3 Å². The van der Waals surface area contributed by atoms with Gasteiger partial charge in [0.2, 0.25) is 5.91 Å². The van der Waals surface area contributed by atoms with Gasteiger partial charge in [0, 0.05) is 35.7 Å². The molecule has 0 heterocycles. The molecule has 2 rings (SSSR count). The molecule has 0 aliphatic heterocycles. The van der Waals surface area contributed by atoms with Crippen molar-refractivity contribution in [1.82, 2.24) is 10.9 Å². The molecule has 5 N–H and O–H groups in total. The summed E-state index contributed by atoms with van der Waals surface area (Å²) in [6.07, 6.45) is -0.721. The van der Waals surface area contributed by atoms with Crippen LogP contribution in [-0.2, 0) is 9.59 Å². The molecular weight excluding hydrogens is 406 g/mol. The van der Waals surface area contributed by atoms with Crippen LogP contribution in [0.1, 0.15) is 41.6 Å². The van der Waals surface area contributed by atoms with Crippen molar-refractivity contribution in [2.24, 2.45) is 0 Å². The maximum absolute atomic E-state index is 12.3. The second kappa shape index (κ2) is 10.5. The van der Waals surface area contributed by atoms with Crippen LogP contribution in [0.5, 0.6) is 0 Å². The van der Waals surface area contributed by atoms with Crippen LogP contribution in [0.25, 0.3) is 0 Å². The number of carbonyl (C=O) groups excluding carboxylic acids is 2. The summed E-state index contributed by atoms with van der Waals surface area (Å²) >= 11 is 0. The first-order valence-corrected chi connectivity index (χ1v) is 9.13. The number of benzene rings is 2. The fourth-order valence-corrected chi connectivity index (χ4v) is 2.84. The number of hydrogen-bond donors (Lipinski definition) is 5. The van der Waals surface area contributed by atoms with Crippen LogP contribution in [0.15, 0.2) is 48.5 Å². The number of non-ortho nitro benzene ring substituents is 1. The second-order valence-electron chi connectivity index (χ2n) is 6.68.